The summed E-state index contributed by atoms with van der Waals surface area (Å²) in [5.41, 5.74) is 3.14. The lowest BCUT2D eigenvalue weighted by atomic mass is 10.2. The third-order valence-corrected chi connectivity index (χ3v) is 2.50. The quantitative estimate of drug-likeness (QED) is 0.466. The molecule has 0 rings (SSSR count). The zero-order chi connectivity index (χ0) is 12.8. The van der Waals surface area contributed by atoms with Crippen LogP contribution in [0.5, 0.6) is 0 Å². The molecule has 16 heavy (non-hydrogen) atoms. The van der Waals surface area contributed by atoms with E-state index in [0.717, 1.165) is 0 Å². The van der Waals surface area contributed by atoms with Gasteiger partial charge in [0.25, 0.3) is 0 Å². The number of rotatable bonds is 4. The Morgan fingerprint density at radius 1 is 1.38 bits per heavy atom. The van der Waals surface area contributed by atoms with Crippen LogP contribution in [-0.4, -0.2) is 31.4 Å². The first-order chi connectivity index (χ1) is 7.20. The smallest absolute Gasteiger partial charge is 0.308 e. The fraction of sp³-hybridized carbons (Fsp3) is 0.750. The molecule has 92 valence electrons. The van der Waals surface area contributed by atoms with Gasteiger partial charge in [0.2, 0.25) is 0 Å². The van der Waals surface area contributed by atoms with Gasteiger partial charge in [-0.2, -0.15) is 0 Å². The van der Waals surface area contributed by atoms with Gasteiger partial charge in [-0.1, -0.05) is 19.6 Å². The maximum atomic E-state index is 11.2. The molecule has 0 aromatic carbocycles. The molecule has 1 atom stereocenters. The molecule has 0 aliphatic heterocycles. The monoisotopic (exact) mass is 242 g/mol. The molecule has 0 aliphatic rings. The van der Waals surface area contributed by atoms with Gasteiger partial charge in [0.1, 0.15) is 8.07 Å². The third kappa shape index (κ3) is 9.75. The summed E-state index contributed by atoms with van der Waals surface area (Å²) in [4.78, 5) is 11.2. The largest absolute Gasteiger partial charge is 0.463 e. The van der Waals surface area contributed by atoms with E-state index in [-0.39, 0.29) is 18.5 Å². The number of ether oxygens (including phenoxy) is 1. The van der Waals surface area contributed by atoms with Crippen molar-refractivity contribution in [3.05, 3.63) is 0 Å². The molecular weight excluding hydrogens is 220 g/mol. The first-order valence-electron chi connectivity index (χ1n) is 5.58. The molecule has 0 saturated heterocycles. The molecule has 0 amide bonds. The minimum absolute atomic E-state index is 0.0263. The molecule has 4 heteroatoms. The second kappa shape index (κ2) is 6.72. The molecular formula is C12H22O3Si. The number of hydrogen-bond donors (Lipinski definition) is 1. The SMILES string of the molecule is CC(C)OC(=O)C[C@@H](O)CC#C[Si](C)(C)C. The summed E-state index contributed by atoms with van der Waals surface area (Å²) in [5, 5.41) is 9.54. The van der Waals surface area contributed by atoms with Crippen LogP contribution in [0.2, 0.25) is 19.6 Å². The number of esters is 1. The zero-order valence-electron chi connectivity index (χ0n) is 10.8. The van der Waals surface area contributed by atoms with E-state index in [0.29, 0.717) is 6.42 Å². The van der Waals surface area contributed by atoms with Crippen molar-refractivity contribution in [3.8, 4) is 11.5 Å². The van der Waals surface area contributed by atoms with Crippen molar-refractivity contribution in [3.63, 3.8) is 0 Å². The van der Waals surface area contributed by atoms with Crippen molar-refractivity contribution in [1.29, 1.82) is 0 Å². The standard InChI is InChI=1S/C12H22O3Si/c1-10(2)15-12(14)9-11(13)7-6-8-16(3,4)5/h10-11,13H,7,9H2,1-5H3/t11-/m0/s1. The average Bonchev–Trinajstić information content (AvgIpc) is 1.98. The Bertz CT molecular complexity index is 281. The van der Waals surface area contributed by atoms with Crippen LogP contribution in [0.1, 0.15) is 26.7 Å². The van der Waals surface area contributed by atoms with E-state index in [9.17, 15) is 9.90 Å². The second-order valence-corrected chi connectivity index (χ2v) is 9.90. The lowest BCUT2D eigenvalue weighted by Gasteiger charge is -2.10. The van der Waals surface area contributed by atoms with Gasteiger partial charge in [-0.3, -0.25) is 4.79 Å². The topological polar surface area (TPSA) is 46.5 Å². The highest BCUT2D eigenvalue weighted by Crippen LogP contribution is 2.02. The van der Waals surface area contributed by atoms with Gasteiger partial charge in [-0.05, 0) is 13.8 Å². The summed E-state index contributed by atoms with van der Waals surface area (Å²) in [6.07, 6.45) is -0.474. The van der Waals surface area contributed by atoms with Crippen LogP contribution >= 0.6 is 0 Å². The summed E-state index contributed by atoms with van der Waals surface area (Å²) < 4.78 is 4.93. The molecule has 0 aliphatic carbocycles. The van der Waals surface area contributed by atoms with Crippen LogP contribution in [0.4, 0.5) is 0 Å². The molecule has 0 spiro atoms. The Labute approximate surface area is 99.2 Å². The molecule has 0 unspecified atom stereocenters. The predicted octanol–water partition coefficient (Wildman–Crippen LogP) is 1.96. The summed E-state index contributed by atoms with van der Waals surface area (Å²) in [6, 6.07) is 0. The van der Waals surface area contributed by atoms with E-state index in [2.05, 4.69) is 31.1 Å². The summed E-state index contributed by atoms with van der Waals surface area (Å²) in [6.45, 7) is 9.99. The van der Waals surface area contributed by atoms with E-state index in [1.165, 1.54) is 0 Å². The Hall–Kier alpha value is -0.793. The van der Waals surface area contributed by atoms with Crippen LogP contribution < -0.4 is 0 Å². The van der Waals surface area contributed by atoms with Gasteiger partial charge in [-0.15, -0.1) is 11.5 Å². The molecule has 0 radical (unpaired) electrons. The lowest BCUT2D eigenvalue weighted by Crippen LogP contribution is -2.19. The highest BCUT2D eigenvalue weighted by molar-refractivity contribution is 6.83. The Morgan fingerprint density at radius 2 is 1.94 bits per heavy atom. The predicted molar refractivity (Wildman–Crippen MR) is 67.6 cm³/mol. The van der Waals surface area contributed by atoms with Gasteiger partial charge in [0, 0.05) is 6.42 Å². The number of carbonyl (C=O) groups is 1. The van der Waals surface area contributed by atoms with E-state index in [1.54, 1.807) is 13.8 Å². The fourth-order valence-corrected chi connectivity index (χ4v) is 1.64. The van der Waals surface area contributed by atoms with Gasteiger partial charge in [0.15, 0.2) is 0 Å². The van der Waals surface area contributed by atoms with Crippen molar-refractivity contribution >= 4 is 14.0 Å². The van der Waals surface area contributed by atoms with Crippen LogP contribution in [-0.2, 0) is 9.53 Å². The average molecular weight is 242 g/mol. The van der Waals surface area contributed by atoms with Crippen molar-refractivity contribution < 1.29 is 14.6 Å². The van der Waals surface area contributed by atoms with Crippen LogP contribution in [0.15, 0.2) is 0 Å². The van der Waals surface area contributed by atoms with E-state index < -0.39 is 14.2 Å². The van der Waals surface area contributed by atoms with Crippen LogP contribution in [0.25, 0.3) is 0 Å². The van der Waals surface area contributed by atoms with Gasteiger partial charge >= 0.3 is 5.97 Å². The number of hydrogen-bond acceptors (Lipinski definition) is 3. The maximum Gasteiger partial charge on any atom is 0.308 e. The second-order valence-electron chi connectivity index (χ2n) is 5.15. The van der Waals surface area contributed by atoms with E-state index in [4.69, 9.17) is 4.74 Å². The molecule has 0 aromatic rings. The fourth-order valence-electron chi connectivity index (χ4n) is 1.01. The molecule has 3 nitrogen and oxygen atoms in total. The van der Waals surface area contributed by atoms with Gasteiger partial charge in [0.05, 0.1) is 18.6 Å². The van der Waals surface area contributed by atoms with Crippen molar-refractivity contribution in [2.75, 3.05) is 0 Å². The van der Waals surface area contributed by atoms with E-state index in [1.807, 2.05) is 0 Å². The summed E-state index contributed by atoms with van der Waals surface area (Å²) in [5.74, 6) is 2.57. The van der Waals surface area contributed by atoms with Crippen molar-refractivity contribution in [1.82, 2.24) is 0 Å². The minimum Gasteiger partial charge on any atom is -0.463 e. The van der Waals surface area contributed by atoms with E-state index >= 15 is 0 Å². The van der Waals surface area contributed by atoms with Crippen LogP contribution in [0, 0.1) is 11.5 Å². The number of aliphatic hydroxyl groups is 1. The first-order valence-corrected chi connectivity index (χ1v) is 9.08. The Kier molecular flexibility index (Phi) is 6.38. The van der Waals surface area contributed by atoms with Crippen LogP contribution in [0.3, 0.4) is 0 Å². The number of aliphatic hydroxyl groups excluding tert-OH is 1. The Balaban J connectivity index is 3.94. The highest BCUT2D eigenvalue weighted by atomic mass is 28.3. The Morgan fingerprint density at radius 3 is 2.38 bits per heavy atom. The third-order valence-electron chi connectivity index (χ3n) is 1.57. The van der Waals surface area contributed by atoms with Crippen molar-refractivity contribution in [2.45, 2.75) is 58.5 Å². The normalized spacial score (nSPS) is 12.9. The minimum atomic E-state index is -1.38. The summed E-state index contributed by atoms with van der Waals surface area (Å²) >= 11 is 0. The summed E-state index contributed by atoms with van der Waals surface area (Å²) in [7, 11) is -1.38. The molecule has 0 heterocycles. The first kappa shape index (κ1) is 15.2. The molecule has 0 fully saturated rings. The molecule has 1 N–H and O–H groups in total. The lowest BCUT2D eigenvalue weighted by molar-refractivity contribution is -0.149. The molecule has 0 bridgehead atoms. The maximum absolute atomic E-state index is 11.2. The zero-order valence-corrected chi connectivity index (χ0v) is 11.8. The highest BCUT2D eigenvalue weighted by Gasteiger charge is 2.13. The number of carbonyl (C=O) groups excluding carboxylic acids is 1. The van der Waals surface area contributed by atoms with Crippen molar-refractivity contribution in [2.24, 2.45) is 0 Å². The molecule has 0 aromatic heterocycles. The van der Waals surface area contributed by atoms with Gasteiger partial charge < -0.3 is 9.84 Å². The molecule has 0 saturated carbocycles. The van der Waals surface area contributed by atoms with Gasteiger partial charge in [-0.25, -0.2) is 0 Å².